The van der Waals surface area contributed by atoms with Gasteiger partial charge in [0.2, 0.25) is 5.91 Å². The van der Waals surface area contributed by atoms with Crippen LogP contribution in [0.25, 0.3) is 11.0 Å². The summed E-state index contributed by atoms with van der Waals surface area (Å²) in [7, 11) is 0. The van der Waals surface area contributed by atoms with Crippen molar-refractivity contribution in [3.63, 3.8) is 0 Å². The molecule has 7 nitrogen and oxygen atoms in total. The molecular weight excluding hydrogens is 274 g/mol. The topological polar surface area (TPSA) is 93.5 Å². The van der Waals surface area contributed by atoms with Crippen LogP contribution in [0.2, 0.25) is 0 Å². The van der Waals surface area contributed by atoms with Crippen molar-refractivity contribution in [2.75, 3.05) is 19.8 Å². The van der Waals surface area contributed by atoms with Crippen LogP contribution >= 0.6 is 0 Å². The molecule has 2 N–H and O–H groups in total. The van der Waals surface area contributed by atoms with E-state index in [-0.39, 0.29) is 25.7 Å². The van der Waals surface area contributed by atoms with Crippen LogP contribution in [-0.2, 0) is 14.3 Å². The van der Waals surface area contributed by atoms with Crippen LogP contribution in [0, 0.1) is 0 Å². The number of benzene rings is 1. The summed E-state index contributed by atoms with van der Waals surface area (Å²) in [5, 5.41) is 11.1. The van der Waals surface area contributed by atoms with Crippen molar-refractivity contribution in [3.8, 4) is 0 Å². The van der Waals surface area contributed by atoms with Crippen molar-refractivity contribution in [2.45, 2.75) is 13.0 Å². The third-order valence-electron chi connectivity index (χ3n) is 3.05. The number of ether oxygens (including phenoxy) is 1. The number of carboxylic acids is 1. The van der Waals surface area contributed by atoms with Gasteiger partial charge in [0.1, 0.15) is 12.6 Å². The van der Waals surface area contributed by atoms with E-state index in [1.807, 2.05) is 24.3 Å². The zero-order valence-corrected chi connectivity index (χ0v) is 11.7. The number of hydrogen-bond acceptors (Lipinski definition) is 4. The minimum Gasteiger partial charge on any atom is -0.480 e. The van der Waals surface area contributed by atoms with E-state index in [2.05, 4.69) is 10.3 Å². The molecule has 0 fully saturated rings. The molecule has 0 radical (unpaired) electrons. The molecule has 2 rings (SSSR count). The largest absolute Gasteiger partial charge is 0.480 e. The first kappa shape index (κ1) is 15.0. The Morgan fingerprint density at radius 1 is 1.43 bits per heavy atom. The standard InChI is InChI=1S/C14H17N3O4/c1-10(14(20)15-6-7-21-8-13(18)19)17-9-16-11-4-2-3-5-12(11)17/h2-5,9-10H,6-8H2,1H3,(H,15,20)(H,18,19). The van der Waals surface area contributed by atoms with Gasteiger partial charge in [-0.2, -0.15) is 0 Å². The van der Waals surface area contributed by atoms with E-state index in [1.54, 1.807) is 17.8 Å². The average molecular weight is 291 g/mol. The molecule has 1 aromatic carbocycles. The lowest BCUT2D eigenvalue weighted by atomic mass is 10.2. The van der Waals surface area contributed by atoms with Crippen molar-refractivity contribution in [3.05, 3.63) is 30.6 Å². The van der Waals surface area contributed by atoms with Gasteiger partial charge in [-0.25, -0.2) is 9.78 Å². The van der Waals surface area contributed by atoms with Crippen LogP contribution in [0.3, 0.4) is 0 Å². The molecular formula is C14H17N3O4. The molecule has 1 atom stereocenters. The van der Waals surface area contributed by atoms with Crippen molar-refractivity contribution >= 4 is 22.9 Å². The SMILES string of the molecule is CC(C(=O)NCCOCC(=O)O)n1cnc2ccccc21. The number of fused-ring (bicyclic) bond motifs is 1. The second-order valence-electron chi connectivity index (χ2n) is 4.55. The molecule has 21 heavy (non-hydrogen) atoms. The van der Waals surface area contributed by atoms with Gasteiger partial charge in [0.25, 0.3) is 0 Å². The molecule has 2 aromatic rings. The second-order valence-corrected chi connectivity index (χ2v) is 4.55. The Bertz CT molecular complexity index is 638. The molecule has 0 aliphatic rings. The fourth-order valence-corrected chi connectivity index (χ4v) is 1.97. The Balaban J connectivity index is 1.89. The zero-order chi connectivity index (χ0) is 15.2. The third kappa shape index (κ3) is 3.79. The average Bonchev–Trinajstić information content (AvgIpc) is 2.89. The first-order valence-corrected chi connectivity index (χ1v) is 6.58. The summed E-state index contributed by atoms with van der Waals surface area (Å²) >= 11 is 0. The zero-order valence-electron chi connectivity index (χ0n) is 11.7. The lowest BCUT2D eigenvalue weighted by molar-refractivity contribution is -0.142. The summed E-state index contributed by atoms with van der Waals surface area (Å²) in [6, 6.07) is 7.17. The number of carbonyl (C=O) groups is 2. The molecule has 0 saturated carbocycles. The normalized spacial score (nSPS) is 12.2. The fourth-order valence-electron chi connectivity index (χ4n) is 1.97. The van der Waals surface area contributed by atoms with Gasteiger partial charge in [0.15, 0.2) is 0 Å². The fraction of sp³-hybridized carbons (Fsp3) is 0.357. The molecule has 0 bridgehead atoms. The summed E-state index contributed by atoms with van der Waals surface area (Å²) in [6.45, 7) is 1.84. The molecule has 112 valence electrons. The maximum Gasteiger partial charge on any atom is 0.329 e. The van der Waals surface area contributed by atoms with E-state index in [9.17, 15) is 9.59 Å². The molecule has 0 aliphatic carbocycles. The Kier molecular flexibility index (Phi) is 4.89. The molecule has 7 heteroatoms. The summed E-state index contributed by atoms with van der Waals surface area (Å²) in [4.78, 5) is 26.6. The Morgan fingerprint density at radius 3 is 2.95 bits per heavy atom. The van der Waals surface area contributed by atoms with Crippen LogP contribution in [0.15, 0.2) is 30.6 Å². The Labute approximate surface area is 121 Å². The molecule has 0 saturated heterocycles. The lowest BCUT2D eigenvalue weighted by Gasteiger charge is -2.14. The number of amides is 1. The van der Waals surface area contributed by atoms with E-state index in [0.29, 0.717) is 0 Å². The number of nitrogens with one attached hydrogen (secondary N) is 1. The number of imidazole rings is 1. The molecule has 0 spiro atoms. The minimum atomic E-state index is -1.03. The number of carbonyl (C=O) groups excluding carboxylic acids is 1. The van der Waals surface area contributed by atoms with Gasteiger partial charge in [-0.3, -0.25) is 4.79 Å². The maximum atomic E-state index is 12.1. The predicted octanol–water partition coefficient (Wildman–Crippen LogP) is 0.815. The van der Waals surface area contributed by atoms with Crippen molar-refractivity contribution in [1.82, 2.24) is 14.9 Å². The summed E-state index contributed by atoms with van der Waals surface area (Å²) in [5.74, 6) is -1.20. The van der Waals surface area contributed by atoms with Crippen molar-refractivity contribution in [1.29, 1.82) is 0 Å². The number of carboxylic acid groups (broad SMARTS) is 1. The monoisotopic (exact) mass is 291 g/mol. The van der Waals surface area contributed by atoms with E-state index >= 15 is 0 Å². The van der Waals surface area contributed by atoms with Gasteiger partial charge in [-0.1, -0.05) is 12.1 Å². The first-order chi connectivity index (χ1) is 10.1. The van der Waals surface area contributed by atoms with E-state index < -0.39 is 12.0 Å². The molecule has 1 aromatic heterocycles. The van der Waals surface area contributed by atoms with Crippen molar-refractivity contribution in [2.24, 2.45) is 0 Å². The van der Waals surface area contributed by atoms with Gasteiger partial charge in [0, 0.05) is 6.54 Å². The van der Waals surface area contributed by atoms with Gasteiger partial charge in [-0.05, 0) is 19.1 Å². The van der Waals surface area contributed by atoms with Crippen LogP contribution in [0.5, 0.6) is 0 Å². The predicted molar refractivity (Wildman–Crippen MR) is 75.9 cm³/mol. The highest BCUT2D eigenvalue weighted by Crippen LogP contribution is 2.17. The molecule has 1 unspecified atom stereocenters. The highest BCUT2D eigenvalue weighted by atomic mass is 16.5. The lowest BCUT2D eigenvalue weighted by Crippen LogP contribution is -2.33. The molecule has 1 amide bonds. The highest BCUT2D eigenvalue weighted by Gasteiger charge is 2.16. The van der Waals surface area contributed by atoms with E-state index in [0.717, 1.165) is 11.0 Å². The molecule has 1 heterocycles. The third-order valence-corrected chi connectivity index (χ3v) is 3.05. The van der Waals surface area contributed by atoms with Crippen LogP contribution in [0.1, 0.15) is 13.0 Å². The minimum absolute atomic E-state index is 0.162. The number of rotatable bonds is 7. The second kappa shape index (κ2) is 6.85. The number of para-hydroxylation sites is 2. The van der Waals surface area contributed by atoms with Crippen molar-refractivity contribution < 1.29 is 19.4 Å². The first-order valence-electron chi connectivity index (χ1n) is 6.58. The number of nitrogens with zero attached hydrogens (tertiary/aromatic N) is 2. The Morgan fingerprint density at radius 2 is 2.19 bits per heavy atom. The van der Waals surface area contributed by atoms with Gasteiger partial charge in [-0.15, -0.1) is 0 Å². The van der Waals surface area contributed by atoms with E-state index in [4.69, 9.17) is 9.84 Å². The smallest absolute Gasteiger partial charge is 0.329 e. The number of aliphatic carboxylic acids is 1. The van der Waals surface area contributed by atoms with E-state index in [1.165, 1.54) is 0 Å². The number of aromatic nitrogens is 2. The van der Waals surface area contributed by atoms with Gasteiger partial charge in [0.05, 0.1) is 24.0 Å². The van der Waals surface area contributed by atoms with Gasteiger partial charge >= 0.3 is 5.97 Å². The van der Waals surface area contributed by atoms with Gasteiger partial charge < -0.3 is 19.7 Å². The van der Waals surface area contributed by atoms with Crippen LogP contribution in [0.4, 0.5) is 0 Å². The van der Waals surface area contributed by atoms with Crippen LogP contribution < -0.4 is 5.32 Å². The maximum absolute atomic E-state index is 12.1. The summed E-state index contributed by atoms with van der Waals surface area (Å²) in [6.07, 6.45) is 1.63. The van der Waals surface area contributed by atoms with Crippen LogP contribution in [-0.4, -0.2) is 46.3 Å². The summed E-state index contributed by atoms with van der Waals surface area (Å²) in [5.41, 5.74) is 1.73. The Hall–Kier alpha value is -2.41. The highest BCUT2D eigenvalue weighted by molar-refractivity contribution is 5.83. The summed E-state index contributed by atoms with van der Waals surface area (Å²) < 4.78 is 6.65. The molecule has 0 aliphatic heterocycles. The number of hydrogen-bond donors (Lipinski definition) is 2. The quantitative estimate of drug-likeness (QED) is 0.736.